The molecule has 29 heavy (non-hydrogen) atoms. The lowest BCUT2D eigenvalue weighted by Crippen LogP contribution is -2.39. The summed E-state index contributed by atoms with van der Waals surface area (Å²) in [5.41, 5.74) is 5.35. The van der Waals surface area contributed by atoms with E-state index in [2.05, 4.69) is 4.98 Å². The molecular weight excluding hydrogens is 376 g/mol. The highest BCUT2D eigenvalue weighted by Crippen LogP contribution is 2.16. The van der Waals surface area contributed by atoms with Crippen molar-refractivity contribution in [3.8, 4) is 5.75 Å². The second kappa shape index (κ2) is 10.6. The van der Waals surface area contributed by atoms with E-state index in [4.69, 9.17) is 15.2 Å². The first kappa shape index (κ1) is 22.4. The zero-order valence-electron chi connectivity index (χ0n) is 17.1. The molecule has 0 saturated heterocycles. The van der Waals surface area contributed by atoms with Crippen LogP contribution in [0.3, 0.4) is 0 Å². The van der Waals surface area contributed by atoms with Gasteiger partial charge in [-0.1, -0.05) is 18.2 Å². The molecule has 1 aromatic carbocycles. The number of H-pyrrole nitrogens is 1. The summed E-state index contributed by atoms with van der Waals surface area (Å²) in [4.78, 5) is 40.6. The molecule has 0 fully saturated rings. The van der Waals surface area contributed by atoms with Crippen LogP contribution in [0.15, 0.2) is 33.9 Å². The number of nitrogens with zero attached hydrogens (tertiary/aromatic N) is 2. The first-order valence-corrected chi connectivity index (χ1v) is 9.36. The number of methoxy groups -OCH3 is 1. The van der Waals surface area contributed by atoms with Crippen LogP contribution in [-0.4, -0.2) is 60.7 Å². The smallest absolute Gasteiger partial charge is 0.330 e. The Morgan fingerprint density at radius 3 is 2.66 bits per heavy atom. The van der Waals surface area contributed by atoms with Crippen LogP contribution in [0.4, 0.5) is 5.82 Å². The van der Waals surface area contributed by atoms with Crippen molar-refractivity contribution in [2.45, 2.75) is 19.9 Å². The molecule has 9 heteroatoms. The predicted molar refractivity (Wildman–Crippen MR) is 111 cm³/mol. The van der Waals surface area contributed by atoms with Crippen LogP contribution in [0.2, 0.25) is 0 Å². The summed E-state index contributed by atoms with van der Waals surface area (Å²) in [5, 5.41) is 0. The summed E-state index contributed by atoms with van der Waals surface area (Å²) >= 11 is 0. The highest BCUT2D eigenvalue weighted by molar-refractivity contribution is 6.01. The van der Waals surface area contributed by atoms with Gasteiger partial charge in [-0.2, -0.15) is 0 Å². The van der Waals surface area contributed by atoms with Gasteiger partial charge in [-0.25, -0.2) is 4.79 Å². The third kappa shape index (κ3) is 6.03. The second-order valence-electron chi connectivity index (χ2n) is 6.79. The molecule has 1 heterocycles. The molecule has 0 bridgehead atoms. The fourth-order valence-corrected chi connectivity index (χ4v) is 2.90. The number of aromatic amines is 1. The van der Waals surface area contributed by atoms with E-state index in [1.54, 1.807) is 11.9 Å². The third-order valence-electron chi connectivity index (χ3n) is 4.49. The van der Waals surface area contributed by atoms with Crippen LogP contribution in [0, 0.1) is 6.92 Å². The molecule has 0 saturated carbocycles. The van der Waals surface area contributed by atoms with Crippen molar-refractivity contribution < 1.29 is 14.3 Å². The molecule has 158 valence electrons. The lowest BCUT2D eigenvalue weighted by molar-refractivity contribution is 0.0941. The number of rotatable bonds is 11. The molecule has 0 amide bonds. The monoisotopic (exact) mass is 404 g/mol. The first-order valence-electron chi connectivity index (χ1n) is 9.36. The van der Waals surface area contributed by atoms with Crippen molar-refractivity contribution in [1.82, 2.24) is 14.5 Å². The average molecular weight is 404 g/mol. The Balaban J connectivity index is 1.94. The minimum absolute atomic E-state index is 0.000125. The lowest BCUT2D eigenvalue weighted by atomic mass is 10.2. The van der Waals surface area contributed by atoms with Crippen LogP contribution < -0.4 is 21.7 Å². The molecule has 0 radical (unpaired) electrons. The van der Waals surface area contributed by atoms with Crippen molar-refractivity contribution in [1.29, 1.82) is 0 Å². The quantitative estimate of drug-likeness (QED) is 0.417. The Hall–Kier alpha value is -2.91. The molecule has 3 N–H and O–H groups in total. The predicted octanol–water partition coefficient (Wildman–Crippen LogP) is 0.657. The summed E-state index contributed by atoms with van der Waals surface area (Å²) in [6, 6.07) is 7.76. The Kier molecular flexibility index (Phi) is 8.17. The van der Waals surface area contributed by atoms with Crippen molar-refractivity contribution in [3.05, 3.63) is 56.2 Å². The molecule has 0 aliphatic heterocycles. The number of anilines is 1. The topological polar surface area (TPSA) is 120 Å². The average Bonchev–Trinajstić information content (AvgIpc) is 2.66. The number of carbonyl (C=O) groups is 1. The standard InChI is InChI=1S/C20H28N4O5/c1-14-7-4-5-8-16(14)29-11-6-9-23(2)13-15(25)17-18(21)24(10-12-28-3)20(27)22-19(17)26/h4-5,7-8H,6,9-13,21H2,1-3H3,(H,22,26,27). The Labute approximate surface area is 169 Å². The van der Waals surface area contributed by atoms with Crippen molar-refractivity contribution in [2.75, 3.05) is 46.2 Å². The van der Waals surface area contributed by atoms with Crippen LogP contribution in [0.25, 0.3) is 0 Å². The van der Waals surface area contributed by atoms with Gasteiger partial charge in [0.15, 0.2) is 5.78 Å². The Morgan fingerprint density at radius 2 is 1.97 bits per heavy atom. The lowest BCUT2D eigenvalue weighted by Gasteiger charge is -2.17. The number of nitrogens with two attached hydrogens (primary N) is 1. The first-order chi connectivity index (χ1) is 13.8. The molecule has 0 aliphatic rings. The fraction of sp³-hybridized carbons (Fsp3) is 0.450. The molecular formula is C20H28N4O5. The van der Waals surface area contributed by atoms with E-state index in [9.17, 15) is 14.4 Å². The molecule has 1 aromatic heterocycles. The number of aryl methyl sites for hydroxylation is 1. The third-order valence-corrected chi connectivity index (χ3v) is 4.49. The Morgan fingerprint density at radius 1 is 1.24 bits per heavy atom. The normalized spacial score (nSPS) is 11.0. The largest absolute Gasteiger partial charge is 0.493 e. The van der Waals surface area contributed by atoms with Gasteiger partial charge in [0.05, 0.1) is 26.3 Å². The van der Waals surface area contributed by atoms with Gasteiger partial charge >= 0.3 is 5.69 Å². The van der Waals surface area contributed by atoms with E-state index in [0.29, 0.717) is 19.6 Å². The van der Waals surface area contributed by atoms with E-state index >= 15 is 0 Å². The Bertz CT molecular complexity index is 951. The van der Waals surface area contributed by atoms with Gasteiger partial charge in [-0.3, -0.25) is 24.0 Å². The number of hydrogen-bond donors (Lipinski definition) is 2. The molecule has 9 nitrogen and oxygen atoms in total. The van der Waals surface area contributed by atoms with Gasteiger partial charge in [-0.15, -0.1) is 0 Å². The number of benzene rings is 1. The van der Waals surface area contributed by atoms with Crippen molar-refractivity contribution >= 4 is 11.6 Å². The van der Waals surface area contributed by atoms with Crippen LogP contribution >= 0.6 is 0 Å². The molecule has 0 atom stereocenters. The number of nitrogens with one attached hydrogen (secondary N) is 1. The molecule has 2 aromatic rings. The van der Waals surface area contributed by atoms with Gasteiger partial charge in [0.2, 0.25) is 0 Å². The highest BCUT2D eigenvalue weighted by Gasteiger charge is 2.20. The summed E-state index contributed by atoms with van der Waals surface area (Å²) in [6.07, 6.45) is 0.706. The maximum absolute atomic E-state index is 12.6. The van der Waals surface area contributed by atoms with E-state index < -0.39 is 17.0 Å². The number of ketones is 1. The van der Waals surface area contributed by atoms with Crippen molar-refractivity contribution in [3.63, 3.8) is 0 Å². The van der Waals surface area contributed by atoms with Gasteiger partial charge in [0, 0.05) is 13.7 Å². The summed E-state index contributed by atoms with van der Waals surface area (Å²) in [6.45, 7) is 3.45. The molecule has 0 aliphatic carbocycles. The molecule has 0 spiro atoms. The minimum Gasteiger partial charge on any atom is -0.493 e. The van der Waals surface area contributed by atoms with Crippen LogP contribution in [0.5, 0.6) is 5.75 Å². The van der Waals surface area contributed by atoms with Crippen LogP contribution in [-0.2, 0) is 11.3 Å². The fourth-order valence-electron chi connectivity index (χ4n) is 2.90. The van der Waals surface area contributed by atoms with Crippen LogP contribution in [0.1, 0.15) is 22.3 Å². The van der Waals surface area contributed by atoms with Crippen molar-refractivity contribution in [2.24, 2.45) is 0 Å². The minimum atomic E-state index is -0.776. The van der Waals surface area contributed by atoms with Gasteiger partial charge in [0.25, 0.3) is 5.56 Å². The van der Waals surface area contributed by atoms with E-state index in [1.807, 2.05) is 31.2 Å². The number of aromatic nitrogens is 2. The van der Waals surface area contributed by atoms with E-state index in [1.165, 1.54) is 7.11 Å². The maximum atomic E-state index is 12.6. The maximum Gasteiger partial charge on any atom is 0.330 e. The number of ether oxygens (including phenoxy) is 2. The molecule has 0 unspecified atom stereocenters. The summed E-state index contributed by atoms with van der Waals surface area (Å²) in [7, 11) is 3.26. The zero-order chi connectivity index (χ0) is 21.4. The van der Waals surface area contributed by atoms with Gasteiger partial charge in [-0.05, 0) is 32.0 Å². The number of likely N-dealkylation sites (N-methyl/N-ethyl adjacent to an activating group) is 1. The number of para-hydroxylation sites is 1. The van der Waals surface area contributed by atoms with E-state index in [-0.39, 0.29) is 31.1 Å². The molecule has 2 rings (SSSR count). The summed E-state index contributed by atoms with van der Waals surface area (Å²) in [5.74, 6) is 0.248. The van der Waals surface area contributed by atoms with Gasteiger partial charge < -0.3 is 15.2 Å². The second-order valence-corrected chi connectivity index (χ2v) is 6.79. The van der Waals surface area contributed by atoms with Gasteiger partial charge in [0.1, 0.15) is 17.1 Å². The highest BCUT2D eigenvalue weighted by atomic mass is 16.5. The number of hydrogen-bond acceptors (Lipinski definition) is 7. The number of carbonyl (C=O) groups excluding carboxylic acids is 1. The number of nitrogen functional groups attached to an aromatic ring is 1. The number of Topliss-reactive ketones (excluding diaryl/α,β-unsaturated/α-hetero) is 1. The van der Waals surface area contributed by atoms with E-state index in [0.717, 1.165) is 15.9 Å². The zero-order valence-corrected chi connectivity index (χ0v) is 17.1. The summed E-state index contributed by atoms with van der Waals surface area (Å²) < 4.78 is 11.8. The SMILES string of the molecule is COCCn1c(N)c(C(=O)CN(C)CCCOc2ccccc2C)c(=O)[nH]c1=O.